The molecule has 2 fully saturated rings. The Morgan fingerprint density at radius 2 is 1.65 bits per heavy atom. The van der Waals surface area contributed by atoms with E-state index < -0.39 is 0 Å². The van der Waals surface area contributed by atoms with Gasteiger partial charge >= 0.3 is 0 Å². The Morgan fingerprint density at radius 3 is 2.35 bits per heavy atom. The average Bonchev–Trinajstić information content (AvgIpc) is 3.01. The number of hydrogen-bond donors (Lipinski definition) is 0. The number of carbonyl (C=O) groups excluding carboxylic acids is 1. The first kappa shape index (κ1) is 13.3. The van der Waals surface area contributed by atoms with E-state index in [1.165, 1.54) is 19.3 Å². The standard InChI is InChI=1S/C15H22N4O/c1-12-16-13(15(20)19-9-5-6-10-19)11-14(17-12)18-7-3-2-4-8-18/h11H,2-10H2,1H3. The number of aryl methyl sites for hydroxylation is 1. The van der Waals surface area contributed by atoms with Crippen molar-refractivity contribution in [1.29, 1.82) is 0 Å². The number of carbonyl (C=O) groups is 1. The van der Waals surface area contributed by atoms with Crippen LogP contribution in [0.25, 0.3) is 0 Å². The summed E-state index contributed by atoms with van der Waals surface area (Å²) in [6.07, 6.45) is 5.92. The topological polar surface area (TPSA) is 49.3 Å². The van der Waals surface area contributed by atoms with Crippen molar-refractivity contribution in [2.24, 2.45) is 0 Å². The minimum atomic E-state index is 0.0614. The quantitative estimate of drug-likeness (QED) is 0.828. The third-order valence-electron chi connectivity index (χ3n) is 4.12. The highest BCUT2D eigenvalue weighted by Crippen LogP contribution is 2.20. The third kappa shape index (κ3) is 2.76. The van der Waals surface area contributed by atoms with Crippen molar-refractivity contribution in [3.05, 3.63) is 17.6 Å². The van der Waals surface area contributed by atoms with Crippen LogP contribution in [0.15, 0.2) is 6.07 Å². The van der Waals surface area contributed by atoms with E-state index in [9.17, 15) is 4.79 Å². The second-order valence-electron chi connectivity index (χ2n) is 5.71. The largest absolute Gasteiger partial charge is 0.356 e. The summed E-state index contributed by atoms with van der Waals surface area (Å²) >= 11 is 0. The van der Waals surface area contributed by atoms with Crippen LogP contribution in [0.4, 0.5) is 5.82 Å². The van der Waals surface area contributed by atoms with Crippen molar-refractivity contribution >= 4 is 11.7 Å². The summed E-state index contributed by atoms with van der Waals surface area (Å²) in [7, 11) is 0. The van der Waals surface area contributed by atoms with Gasteiger partial charge in [0.2, 0.25) is 0 Å². The predicted molar refractivity (Wildman–Crippen MR) is 78.0 cm³/mol. The van der Waals surface area contributed by atoms with E-state index in [1.807, 2.05) is 17.9 Å². The minimum Gasteiger partial charge on any atom is -0.356 e. The van der Waals surface area contributed by atoms with Crippen molar-refractivity contribution in [2.45, 2.75) is 39.0 Å². The lowest BCUT2D eigenvalue weighted by molar-refractivity contribution is 0.0786. The highest BCUT2D eigenvalue weighted by Gasteiger charge is 2.22. The number of piperidine rings is 1. The number of amides is 1. The maximum Gasteiger partial charge on any atom is 0.272 e. The van der Waals surface area contributed by atoms with Crippen LogP contribution < -0.4 is 4.90 Å². The van der Waals surface area contributed by atoms with Crippen LogP contribution in [0.3, 0.4) is 0 Å². The van der Waals surface area contributed by atoms with E-state index in [2.05, 4.69) is 14.9 Å². The molecule has 0 N–H and O–H groups in total. The summed E-state index contributed by atoms with van der Waals surface area (Å²) in [5.41, 5.74) is 0.556. The van der Waals surface area contributed by atoms with Gasteiger partial charge in [0.15, 0.2) is 0 Å². The average molecular weight is 274 g/mol. The molecule has 0 atom stereocenters. The summed E-state index contributed by atoms with van der Waals surface area (Å²) in [4.78, 5) is 25.5. The molecule has 0 aromatic carbocycles. The molecule has 1 aromatic heterocycles. The molecule has 20 heavy (non-hydrogen) atoms. The molecule has 1 aromatic rings. The molecular weight excluding hydrogens is 252 g/mol. The minimum absolute atomic E-state index is 0.0614. The van der Waals surface area contributed by atoms with Crippen molar-refractivity contribution < 1.29 is 4.79 Å². The Balaban J connectivity index is 1.83. The van der Waals surface area contributed by atoms with Crippen molar-refractivity contribution in [2.75, 3.05) is 31.1 Å². The zero-order chi connectivity index (χ0) is 13.9. The normalized spacial score (nSPS) is 19.4. The summed E-state index contributed by atoms with van der Waals surface area (Å²) in [6.45, 7) is 5.66. The van der Waals surface area contributed by atoms with E-state index in [0.717, 1.165) is 44.8 Å². The van der Waals surface area contributed by atoms with Crippen LogP contribution in [0, 0.1) is 6.92 Å². The van der Waals surface area contributed by atoms with Gasteiger partial charge in [0.1, 0.15) is 17.3 Å². The number of nitrogens with zero attached hydrogens (tertiary/aromatic N) is 4. The fraction of sp³-hybridized carbons (Fsp3) is 0.667. The van der Waals surface area contributed by atoms with Gasteiger partial charge in [-0.3, -0.25) is 4.79 Å². The number of rotatable bonds is 2. The lowest BCUT2D eigenvalue weighted by Crippen LogP contribution is -2.32. The fourth-order valence-electron chi connectivity index (χ4n) is 3.03. The molecule has 5 nitrogen and oxygen atoms in total. The van der Waals surface area contributed by atoms with Gasteiger partial charge < -0.3 is 9.80 Å². The Bertz CT molecular complexity index is 491. The van der Waals surface area contributed by atoms with Gasteiger partial charge in [0.05, 0.1) is 0 Å². The summed E-state index contributed by atoms with van der Waals surface area (Å²) in [6, 6.07) is 1.87. The van der Waals surface area contributed by atoms with Crippen molar-refractivity contribution in [1.82, 2.24) is 14.9 Å². The highest BCUT2D eigenvalue weighted by molar-refractivity contribution is 5.93. The Morgan fingerprint density at radius 1 is 1.00 bits per heavy atom. The second-order valence-corrected chi connectivity index (χ2v) is 5.71. The maximum atomic E-state index is 12.5. The number of aromatic nitrogens is 2. The molecule has 108 valence electrons. The van der Waals surface area contributed by atoms with Crippen LogP contribution in [-0.4, -0.2) is 47.0 Å². The van der Waals surface area contributed by atoms with E-state index in [1.54, 1.807) is 0 Å². The smallest absolute Gasteiger partial charge is 0.272 e. The predicted octanol–water partition coefficient (Wildman–Crippen LogP) is 2.01. The summed E-state index contributed by atoms with van der Waals surface area (Å²) in [5, 5.41) is 0. The molecule has 2 saturated heterocycles. The monoisotopic (exact) mass is 274 g/mol. The summed E-state index contributed by atoms with van der Waals surface area (Å²) < 4.78 is 0. The van der Waals surface area contributed by atoms with Crippen LogP contribution in [0.2, 0.25) is 0 Å². The molecule has 2 aliphatic rings. The van der Waals surface area contributed by atoms with E-state index in [-0.39, 0.29) is 5.91 Å². The second kappa shape index (κ2) is 5.77. The molecule has 2 aliphatic heterocycles. The molecule has 0 spiro atoms. The van der Waals surface area contributed by atoms with Gasteiger partial charge in [-0.05, 0) is 39.0 Å². The Labute approximate surface area is 120 Å². The van der Waals surface area contributed by atoms with Crippen LogP contribution in [0.1, 0.15) is 48.4 Å². The molecule has 0 aliphatic carbocycles. The first-order chi connectivity index (χ1) is 9.74. The molecule has 0 bridgehead atoms. The van der Waals surface area contributed by atoms with Crippen LogP contribution >= 0.6 is 0 Å². The zero-order valence-corrected chi connectivity index (χ0v) is 12.1. The lowest BCUT2D eigenvalue weighted by atomic mass is 10.1. The molecule has 5 heteroatoms. The zero-order valence-electron chi connectivity index (χ0n) is 12.1. The number of anilines is 1. The first-order valence-electron chi connectivity index (χ1n) is 7.64. The fourth-order valence-corrected chi connectivity index (χ4v) is 3.03. The number of hydrogen-bond acceptors (Lipinski definition) is 4. The molecule has 0 saturated carbocycles. The molecular formula is C15H22N4O. The molecule has 0 radical (unpaired) electrons. The lowest BCUT2D eigenvalue weighted by Gasteiger charge is -2.28. The van der Waals surface area contributed by atoms with Gasteiger partial charge in [-0.15, -0.1) is 0 Å². The SMILES string of the molecule is Cc1nc(C(=O)N2CCCC2)cc(N2CCCCC2)n1. The van der Waals surface area contributed by atoms with E-state index in [0.29, 0.717) is 11.5 Å². The summed E-state index contributed by atoms with van der Waals surface area (Å²) in [5.74, 6) is 1.67. The van der Waals surface area contributed by atoms with Gasteiger partial charge in [-0.25, -0.2) is 9.97 Å². The van der Waals surface area contributed by atoms with E-state index in [4.69, 9.17) is 0 Å². The first-order valence-corrected chi connectivity index (χ1v) is 7.64. The molecule has 3 heterocycles. The maximum absolute atomic E-state index is 12.5. The van der Waals surface area contributed by atoms with Crippen LogP contribution in [0.5, 0.6) is 0 Å². The highest BCUT2D eigenvalue weighted by atomic mass is 16.2. The van der Waals surface area contributed by atoms with E-state index >= 15 is 0 Å². The van der Waals surface area contributed by atoms with Crippen LogP contribution in [-0.2, 0) is 0 Å². The van der Waals surface area contributed by atoms with Crippen molar-refractivity contribution in [3.8, 4) is 0 Å². The van der Waals surface area contributed by atoms with Crippen molar-refractivity contribution in [3.63, 3.8) is 0 Å². The van der Waals surface area contributed by atoms with Gasteiger partial charge in [-0.2, -0.15) is 0 Å². The molecule has 3 rings (SSSR count). The molecule has 0 unspecified atom stereocenters. The van der Waals surface area contributed by atoms with Gasteiger partial charge in [0, 0.05) is 32.2 Å². The Hall–Kier alpha value is -1.65. The van der Waals surface area contributed by atoms with Gasteiger partial charge in [0.25, 0.3) is 5.91 Å². The number of likely N-dealkylation sites (tertiary alicyclic amines) is 1. The van der Waals surface area contributed by atoms with Gasteiger partial charge in [-0.1, -0.05) is 0 Å². The Kier molecular flexibility index (Phi) is 3.85. The molecule has 1 amide bonds. The third-order valence-corrected chi connectivity index (χ3v) is 4.12.